The number of rotatable bonds is 33. The van der Waals surface area contributed by atoms with Gasteiger partial charge in [0.2, 0.25) is 5.91 Å². The Hall–Kier alpha value is -0.610. The first kappa shape index (κ1) is 39.4. The molecule has 2 unspecified atom stereocenters. The van der Waals surface area contributed by atoms with E-state index in [4.69, 9.17) is 5.73 Å². The Kier molecular flexibility index (Phi) is 29.4. The summed E-state index contributed by atoms with van der Waals surface area (Å²) in [6, 6.07) is 0. The van der Waals surface area contributed by atoms with E-state index in [0.29, 0.717) is 12.8 Å². The van der Waals surface area contributed by atoms with E-state index in [1.807, 2.05) is 0 Å². The normalized spacial score (nSPS) is 13.9. The van der Waals surface area contributed by atoms with Crippen LogP contribution in [0, 0.1) is 5.41 Å². The van der Waals surface area contributed by atoms with Crippen molar-refractivity contribution in [2.75, 3.05) is 6.61 Å². The Bertz CT molecular complexity index is 526. The van der Waals surface area contributed by atoms with Crippen LogP contribution in [0.5, 0.6) is 0 Å². The van der Waals surface area contributed by atoms with E-state index in [1.54, 1.807) is 0 Å². The minimum atomic E-state index is -0.969. The Morgan fingerprint density at radius 2 is 0.825 bits per heavy atom. The molecule has 40 heavy (non-hydrogen) atoms. The lowest BCUT2D eigenvalue weighted by molar-refractivity contribution is -0.137. The second-order valence-corrected chi connectivity index (χ2v) is 12.9. The minimum absolute atomic E-state index is 0.1000. The van der Waals surface area contributed by atoms with Gasteiger partial charge < -0.3 is 15.9 Å². The molecule has 1 amide bonds. The van der Waals surface area contributed by atoms with Crippen LogP contribution in [0.25, 0.3) is 0 Å². The third-order valence-electron chi connectivity index (χ3n) is 9.24. The van der Waals surface area contributed by atoms with Gasteiger partial charge in [-0.2, -0.15) is 0 Å². The molecule has 0 aromatic carbocycles. The summed E-state index contributed by atoms with van der Waals surface area (Å²) in [5.74, 6) is -0.432. The zero-order valence-electron chi connectivity index (χ0n) is 27.4. The molecule has 0 fully saturated rings. The highest BCUT2D eigenvalue weighted by molar-refractivity contribution is 5.81. The van der Waals surface area contributed by atoms with Crippen LogP contribution < -0.4 is 5.73 Å². The van der Waals surface area contributed by atoms with E-state index in [9.17, 15) is 15.0 Å². The number of primary amides is 1. The van der Waals surface area contributed by atoms with Gasteiger partial charge in [0, 0.05) is 6.61 Å². The summed E-state index contributed by atoms with van der Waals surface area (Å²) < 4.78 is 0. The van der Waals surface area contributed by atoms with Crippen LogP contribution >= 0.6 is 0 Å². The third kappa shape index (κ3) is 22.0. The summed E-state index contributed by atoms with van der Waals surface area (Å²) in [7, 11) is 0. The van der Waals surface area contributed by atoms with Crippen LogP contribution in [0.1, 0.15) is 206 Å². The molecule has 0 aliphatic rings. The summed E-state index contributed by atoms with van der Waals surface area (Å²) in [6.07, 6.45) is 35.7. The number of aliphatic hydroxyl groups excluding tert-OH is 2. The Morgan fingerprint density at radius 3 is 1.12 bits per heavy atom. The molecule has 0 aromatic rings. The van der Waals surface area contributed by atoms with Crippen LogP contribution in [-0.4, -0.2) is 28.8 Å². The molecule has 0 aromatic heterocycles. The van der Waals surface area contributed by atoms with Crippen LogP contribution in [0.3, 0.4) is 0 Å². The van der Waals surface area contributed by atoms with E-state index >= 15 is 0 Å². The number of amides is 1. The number of hydrogen-bond donors (Lipinski definition) is 3. The molecule has 4 heteroatoms. The number of carbonyl (C=O) groups is 1. The molecular weight excluding hydrogens is 494 g/mol. The fraction of sp³-hybridized carbons (Fsp3) is 0.972. The molecule has 0 aliphatic heterocycles. The summed E-state index contributed by atoms with van der Waals surface area (Å²) in [4.78, 5) is 12.5. The lowest BCUT2D eigenvalue weighted by Gasteiger charge is -2.35. The molecular formula is C36H73NO3. The van der Waals surface area contributed by atoms with E-state index < -0.39 is 17.4 Å². The maximum absolute atomic E-state index is 12.5. The fourth-order valence-corrected chi connectivity index (χ4v) is 6.34. The molecule has 0 bridgehead atoms. The quantitative estimate of drug-likeness (QED) is 0.0690. The zero-order valence-corrected chi connectivity index (χ0v) is 27.4. The number of unbranched alkanes of at least 4 members (excludes halogenated alkanes) is 25. The van der Waals surface area contributed by atoms with Gasteiger partial charge in [-0.25, -0.2) is 0 Å². The van der Waals surface area contributed by atoms with Gasteiger partial charge in [0.05, 0.1) is 11.5 Å². The predicted octanol–water partition coefficient (Wildman–Crippen LogP) is 10.6. The van der Waals surface area contributed by atoms with Crippen LogP contribution in [-0.2, 0) is 4.79 Å². The highest BCUT2D eigenvalue weighted by atomic mass is 16.3. The third-order valence-corrected chi connectivity index (χ3v) is 9.24. The highest BCUT2D eigenvalue weighted by Crippen LogP contribution is 2.35. The van der Waals surface area contributed by atoms with Crippen LogP contribution in [0.2, 0.25) is 0 Å². The lowest BCUT2D eigenvalue weighted by Crippen LogP contribution is -2.47. The fourth-order valence-electron chi connectivity index (χ4n) is 6.34. The Balaban J connectivity index is 3.97. The number of aliphatic hydroxyl groups is 2. The van der Waals surface area contributed by atoms with Gasteiger partial charge in [-0.3, -0.25) is 4.79 Å². The smallest absolute Gasteiger partial charge is 0.226 e. The van der Waals surface area contributed by atoms with E-state index in [-0.39, 0.29) is 13.0 Å². The molecule has 0 aliphatic carbocycles. The molecule has 0 spiro atoms. The van der Waals surface area contributed by atoms with Crippen LogP contribution in [0.15, 0.2) is 0 Å². The van der Waals surface area contributed by atoms with E-state index in [1.165, 1.54) is 148 Å². The van der Waals surface area contributed by atoms with Crippen molar-refractivity contribution in [2.24, 2.45) is 11.1 Å². The first-order chi connectivity index (χ1) is 19.5. The molecule has 2 atom stereocenters. The van der Waals surface area contributed by atoms with E-state index in [0.717, 1.165) is 25.7 Å². The summed E-state index contributed by atoms with van der Waals surface area (Å²) >= 11 is 0. The van der Waals surface area contributed by atoms with Gasteiger partial charge in [0.25, 0.3) is 0 Å². The van der Waals surface area contributed by atoms with Crippen molar-refractivity contribution in [1.29, 1.82) is 0 Å². The van der Waals surface area contributed by atoms with Crippen molar-refractivity contribution < 1.29 is 15.0 Å². The molecule has 0 heterocycles. The monoisotopic (exact) mass is 568 g/mol. The van der Waals surface area contributed by atoms with Gasteiger partial charge in [-0.05, 0) is 19.3 Å². The SMILES string of the molecule is CCCCCCCCCCCCCCCCC(CCO)(C(N)=O)C(O)CCCCCCCCCCCCCCC. The van der Waals surface area contributed by atoms with Gasteiger partial charge in [-0.15, -0.1) is 0 Å². The first-order valence-electron chi connectivity index (χ1n) is 18.1. The number of hydrogen-bond acceptors (Lipinski definition) is 3. The molecule has 4 nitrogen and oxygen atoms in total. The Labute approximate surface area is 251 Å². The first-order valence-corrected chi connectivity index (χ1v) is 18.1. The van der Waals surface area contributed by atoms with Crippen molar-refractivity contribution in [2.45, 2.75) is 213 Å². The lowest BCUT2D eigenvalue weighted by atomic mass is 9.72. The predicted molar refractivity (Wildman–Crippen MR) is 175 cm³/mol. The van der Waals surface area contributed by atoms with Gasteiger partial charge >= 0.3 is 0 Å². The maximum atomic E-state index is 12.5. The van der Waals surface area contributed by atoms with E-state index in [2.05, 4.69) is 13.8 Å². The number of carbonyl (C=O) groups excluding carboxylic acids is 1. The maximum Gasteiger partial charge on any atom is 0.226 e. The van der Waals surface area contributed by atoms with Crippen molar-refractivity contribution >= 4 is 5.91 Å². The van der Waals surface area contributed by atoms with Crippen molar-refractivity contribution in [3.8, 4) is 0 Å². The number of nitrogens with two attached hydrogens (primary N) is 1. The standard InChI is InChI=1S/C36H73NO3/c1-3-5-7-9-11-13-15-17-19-21-23-25-27-29-31-36(32-33-38,35(37)40)34(39)30-28-26-24-22-20-18-16-14-12-10-8-6-4-2/h34,38-39H,3-33H2,1-2H3,(H2,37,40). The second-order valence-electron chi connectivity index (χ2n) is 12.9. The van der Waals surface area contributed by atoms with Crippen LogP contribution in [0.4, 0.5) is 0 Å². The molecule has 0 rings (SSSR count). The summed E-state index contributed by atoms with van der Waals surface area (Å²) in [5.41, 5.74) is 4.88. The highest BCUT2D eigenvalue weighted by Gasteiger charge is 2.42. The minimum Gasteiger partial charge on any atom is -0.396 e. The van der Waals surface area contributed by atoms with Crippen molar-refractivity contribution in [1.82, 2.24) is 0 Å². The van der Waals surface area contributed by atoms with Gasteiger partial charge in [0.1, 0.15) is 0 Å². The van der Waals surface area contributed by atoms with Gasteiger partial charge in [0.15, 0.2) is 0 Å². The summed E-state index contributed by atoms with van der Waals surface area (Å²) in [5, 5.41) is 20.7. The molecule has 4 N–H and O–H groups in total. The topological polar surface area (TPSA) is 83.5 Å². The van der Waals surface area contributed by atoms with Crippen molar-refractivity contribution in [3.05, 3.63) is 0 Å². The second kappa shape index (κ2) is 29.9. The average Bonchev–Trinajstić information content (AvgIpc) is 2.94. The molecule has 0 radical (unpaired) electrons. The molecule has 0 saturated carbocycles. The molecule has 0 saturated heterocycles. The Morgan fingerprint density at radius 1 is 0.525 bits per heavy atom. The molecule has 240 valence electrons. The van der Waals surface area contributed by atoms with Crippen molar-refractivity contribution in [3.63, 3.8) is 0 Å². The average molecular weight is 568 g/mol. The largest absolute Gasteiger partial charge is 0.396 e. The zero-order chi connectivity index (χ0) is 29.6. The summed E-state index contributed by atoms with van der Waals surface area (Å²) in [6.45, 7) is 4.44. The van der Waals surface area contributed by atoms with Gasteiger partial charge in [-0.1, -0.05) is 187 Å².